The minimum atomic E-state index is -3.41. The summed E-state index contributed by atoms with van der Waals surface area (Å²) in [6, 6.07) is 11.3. The predicted molar refractivity (Wildman–Crippen MR) is 116 cm³/mol. The van der Waals surface area contributed by atoms with Gasteiger partial charge in [0.1, 0.15) is 22.9 Å². The van der Waals surface area contributed by atoms with Gasteiger partial charge in [0.2, 0.25) is 0 Å². The van der Waals surface area contributed by atoms with Gasteiger partial charge >= 0.3 is 0 Å². The van der Waals surface area contributed by atoms with Crippen LogP contribution in [0.25, 0.3) is 11.3 Å². The number of methoxy groups -OCH3 is 1. The summed E-state index contributed by atoms with van der Waals surface area (Å²) >= 11 is 0. The maximum Gasteiger partial charge on any atom is 0.267 e. The van der Waals surface area contributed by atoms with Crippen LogP contribution >= 0.6 is 0 Å². The quantitative estimate of drug-likeness (QED) is 0.373. The number of rotatable bonds is 9. The molecule has 11 heteroatoms. The summed E-state index contributed by atoms with van der Waals surface area (Å²) in [5, 5.41) is 20.7. The standard InChI is InChI=1S/C21H23N3O7S/c1-30-16-7-13(18-4-5-19(24-18)21(27)23-10-14(26)12-25)8-17(9-16)31-15-3-6-20(22-11-15)32(2,28)29/h3-9,11,14,24-26H,10,12H2,1-2H3,(H,23,27)/t14-/m0/s1. The van der Waals surface area contributed by atoms with E-state index in [9.17, 15) is 18.3 Å². The number of carbonyl (C=O) groups is 1. The summed E-state index contributed by atoms with van der Waals surface area (Å²) in [6.45, 7) is -0.525. The molecule has 10 nitrogen and oxygen atoms in total. The molecule has 0 radical (unpaired) electrons. The molecular formula is C21H23N3O7S. The van der Waals surface area contributed by atoms with Crippen LogP contribution in [0.2, 0.25) is 0 Å². The fourth-order valence-corrected chi connectivity index (χ4v) is 3.31. The molecule has 0 saturated carbocycles. The lowest BCUT2D eigenvalue weighted by Crippen LogP contribution is -2.34. The maximum absolute atomic E-state index is 12.2. The Hall–Kier alpha value is -3.41. The molecule has 0 saturated heterocycles. The van der Waals surface area contributed by atoms with E-state index in [0.717, 1.165) is 6.26 Å². The normalized spacial score (nSPS) is 12.2. The van der Waals surface area contributed by atoms with Gasteiger partial charge in [-0.15, -0.1) is 0 Å². The number of aliphatic hydroxyl groups is 2. The molecule has 1 aromatic carbocycles. The smallest absolute Gasteiger partial charge is 0.267 e. The first-order valence-corrected chi connectivity index (χ1v) is 11.4. The van der Waals surface area contributed by atoms with Gasteiger partial charge in [0.05, 0.1) is 26.0 Å². The summed E-state index contributed by atoms with van der Waals surface area (Å²) in [7, 11) is -1.91. The molecule has 2 aromatic heterocycles. The van der Waals surface area contributed by atoms with E-state index in [4.69, 9.17) is 14.6 Å². The second kappa shape index (κ2) is 9.81. The lowest BCUT2D eigenvalue weighted by Gasteiger charge is -2.10. The van der Waals surface area contributed by atoms with Crippen molar-refractivity contribution in [3.63, 3.8) is 0 Å². The Labute approximate surface area is 184 Å². The molecule has 4 N–H and O–H groups in total. The Kier molecular flexibility index (Phi) is 7.13. The van der Waals surface area contributed by atoms with Crippen molar-refractivity contribution in [2.24, 2.45) is 0 Å². The number of nitrogens with one attached hydrogen (secondary N) is 2. The van der Waals surface area contributed by atoms with Crippen LogP contribution in [0.1, 0.15) is 10.5 Å². The van der Waals surface area contributed by atoms with Crippen LogP contribution < -0.4 is 14.8 Å². The minimum absolute atomic E-state index is 0.0557. The van der Waals surface area contributed by atoms with Crippen molar-refractivity contribution in [2.75, 3.05) is 26.5 Å². The number of aliphatic hydroxyl groups excluding tert-OH is 2. The molecule has 0 bridgehead atoms. The molecule has 2 heterocycles. The number of benzene rings is 1. The van der Waals surface area contributed by atoms with Gasteiger partial charge in [0.25, 0.3) is 5.91 Å². The van der Waals surface area contributed by atoms with Crippen molar-refractivity contribution in [3.8, 4) is 28.5 Å². The summed E-state index contributed by atoms with van der Waals surface area (Å²) in [5.74, 6) is 0.829. The zero-order chi connectivity index (χ0) is 23.3. The Morgan fingerprint density at radius 2 is 1.91 bits per heavy atom. The van der Waals surface area contributed by atoms with Crippen LogP contribution in [-0.4, -0.2) is 67.1 Å². The molecule has 0 fully saturated rings. The highest BCUT2D eigenvalue weighted by Crippen LogP contribution is 2.32. The highest BCUT2D eigenvalue weighted by Gasteiger charge is 2.13. The molecule has 0 aliphatic heterocycles. The fourth-order valence-electron chi connectivity index (χ4n) is 2.75. The number of ether oxygens (including phenoxy) is 2. The second-order valence-corrected chi connectivity index (χ2v) is 8.90. The van der Waals surface area contributed by atoms with Gasteiger partial charge in [0.15, 0.2) is 14.9 Å². The Morgan fingerprint density at radius 3 is 2.53 bits per heavy atom. The molecule has 3 aromatic rings. The lowest BCUT2D eigenvalue weighted by atomic mass is 10.1. The molecule has 3 rings (SSSR count). The number of aromatic nitrogens is 2. The van der Waals surface area contributed by atoms with E-state index in [1.807, 2.05) is 0 Å². The zero-order valence-electron chi connectivity index (χ0n) is 17.4. The van der Waals surface area contributed by atoms with Crippen molar-refractivity contribution in [1.29, 1.82) is 0 Å². The third-order valence-electron chi connectivity index (χ3n) is 4.39. The third-order valence-corrected chi connectivity index (χ3v) is 5.39. The Morgan fingerprint density at radius 1 is 1.16 bits per heavy atom. The average Bonchev–Trinajstić information content (AvgIpc) is 3.27. The topological polar surface area (TPSA) is 151 Å². The van der Waals surface area contributed by atoms with E-state index in [1.165, 1.54) is 25.4 Å². The lowest BCUT2D eigenvalue weighted by molar-refractivity contribution is 0.0799. The highest BCUT2D eigenvalue weighted by atomic mass is 32.2. The van der Waals surface area contributed by atoms with E-state index in [2.05, 4.69) is 15.3 Å². The van der Waals surface area contributed by atoms with Crippen LogP contribution in [0.5, 0.6) is 17.2 Å². The molecule has 1 amide bonds. The average molecular weight is 461 g/mol. The first-order valence-electron chi connectivity index (χ1n) is 9.49. The first-order chi connectivity index (χ1) is 15.2. The predicted octanol–water partition coefficient (Wildman–Crippen LogP) is 1.36. The number of aromatic amines is 1. The molecule has 1 atom stereocenters. The van der Waals surface area contributed by atoms with Gasteiger partial charge in [0, 0.05) is 30.1 Å². The highest BCUT2D eigenvalue weighted by molar-refractivity contribution is 7.90. The largest absolute Gasteiger partial charge is 0.497 e. The van der Waals surface area contributed by atoms with E-state index in [1.54, 1.807) is 30.3 Å². The molecule has 0 aliphatic rings. The molecule has 0 unspecified atom stereocenters. The van der Waals surface area contributed by atoms with Gasteiger partial charge in [-0.1, -0.05) is 0 Å². The van der Waals surface area contributed by atoms with Gasteiger partial charge in [-0.2, -0.15) is 0 Å². The SMILES string of the molecule is COc1cc(Oc2ccc(S(C)(=O)=O)nc2)cc(-c2ccc(C(=O)NC[C@H](O)CO)[nH]2)c1. The van der Waals surface area contributed by atoms with Crippen LogP contribution in [0.15, 0.2) is 53.7 Å². The summed E-state index contributed by atoms with van der Waals surface area (Å²) in [6.07, 6.45) is 1.35. The molecule has 0 spiro atoms. The number of H-pyrrole nitrogens is 1. The Balaban J connectivity index is 1.81. The van der Waals surface area contributed by atoms with Crippen molar-refractivity contribution in [2.45, 2.75) is 11.1 Å². The minimum Gasteiger partial charge on any atom is -0.497 e. The van der Waals surface area contributed by atoms with E-state index < -0.39 is 28.5 Å². The van der Waals surface area contributed by atoms with Crippen LogP contribution in [0.3, 0.4) is 0 Å². The maximum atomic E-state index is 12.2. The Bertz CT molecular complexity index is 1190. The van der Waals surface area contributed by atoms with Gasteiger partial charge in [-0.3, -0.25) is 4.79 Å². The van der Waals surface area contributed by atoms with Crippen molar-refractivity contribution in [3.05, 3.63) is 54.4 Å². The number of hydrogen-bond donors (Lipinski definition) is 4. The number of hydrogen-bond acceptors (Lipinski definition) is 8. The van der Waals surface area contributed by atoms with Crippen LogP contribution in [0, 0.1) is 0 Å². The van der Waals surface area contributed by atoms with Gasteiger partial charge in [-0.25, -0.2) is 13.4 Å². The van der Waals surface area contributed by atoms with E-state index in [-0.39, 0.29) is 17.3 Å². The van der Waals surface area contributed by atoms with E-state index >= 15 is 0 Å². The van der Waals surface area contributed by atoms with Crippen molar-refractivity contribution in [1.82, 2.24) is 15.3 Å². The van der Waals surface area contributed by atoms with E-state index in [0.29, 0.717) is 28.5 Å². The zero-order valence-corrected chi connectivity index (χ0v) is 18.2. The van der Waals surface area contributed by atoms with Crippen LogP contribution in [-0.2, 0) is 9.84 Å². The first kappa shape index (κ1) is 23.3. The third kappa shape index (κ3) is 5.84. The number of carbonyl (C=O) groups excluding carboxylic acids is 1. The summed E-state index contributed by atoms with van der Waals surface area (Å²) < 4.78 is 34.2. The fraction of sp³-hybridized carbons (Fsp3) is 0.238. The molecule has 32 heavy (non-hydrogen) atoms. The number of amides is 1. The number of nitrogens with zero attached hydrogens (tertiary/aromatic N) is 1. The summed E-state index contributed by atoms with van der Waals surface area (Å²) in [5.41, 5.74) is 1.57. The number of pyridine rings is 1. The van der Waals surface area contributed by atoms with Gasteiger partial charge < -0.3 is 30.0 Å². The van der Waals surface area contributed by atoms with Crippen LogP contribution in [0.4, 0.5) is 0 Å². The molecular weight excluding hydrogens is 438 g/mol. The van der Waals surface area contributed by atoms with Gasteiger partial charge in [-0.05, 0) is 36.4 Å². The number of sulfone groups is 1. The second-order valence-electron chi connectivity index (χ2n) is 6.94. The summed E-state index contributed by atoms with van der Waals surface area (Å²) in [4.78, 5) is 19.1. The monoisotopic (exact) mass is 461 g/mol. The molecule has 170 valence electrons. The van der Waals surface area contributed by atoms with Crippen molar-refractivity contribution >= 4 is 15.7 Å². The molecule has 0 aliphatic carbocycles. The van der Waals surface area contributed by atoms with Crippen molar-refractivity contribution < 1.29 is 32.9 Å².